The van der Waals surface area contributed by atoms with Crippen molar-refractivity contribution in [2.75, 3.05) is 26.2 Å². The lowest BCUT2D eigenvalue weighted by molar-refractivity contribution is -0.137. The summed E-state index contributed by atoms with van der Waals surface area (Å²) >= 11 is 0. The van der Waals surface area contributed by atoms with E-state index in [1.165, 1.54) is 0 Å². The van der Waals surface area contributed by atoms with E-state index in [9.17, 15) is 14.4 Å². The number of benzene rings is 1. The molecule has 0 saturated carbocycles. The van der Waals surface area contributed by atoms with Gasteiger partial charge in [-0.05, 0) is 44.7 Å². The lowest BCUT2D eigenvalue weighted by Crippen LogP contribution is -2.55. The van der Waals surface area contributed by atoms with Crippen molar-refractivity contribution in [1.82, 2.24) is 15.1 Å². The highest BCUT2D eigenvalue weighted by molar-refractivity contribution is 6.00. The molecule has 0 bridgehead atoms. The molecule has 1 N–H and O–H groups in total. The summed E-state index contributed by atoms with van der Waals surface area (Å²) in [6, 6.07) is 6.72. The Kier molecular flexibility index (Phi) is 7.34. The van der Waals surface area contributed by atoms with Gasteiger partial charge in [0.05, 0.1) is 12.2 Å². The molecule has 2 aliphatic rings. The molecule has 2 fully saturated rings. The topological polar surface area (TPSA) is 79.0 Å². The fourth-order valence-electron chi connectivity index (χ4n) is 4.22. The number of ether oxygens (including phenoxy) is 1. The van der Waals surface area contributed by atoms with Crippen LogP contribution < -0.4 is 10.1 Å². The van der Waals surface area contributed by atoms with Crippen LogP contribution in [-0.4, -0.2) is 65.8 Å². The summed E-state index contributed by atoms with van der Waals surface area (Å²) in [5.74, 6) is 0.316. The van der Waals surface area contributed by atoms with E-state index in [4.69, 9.17) is 4.74 Å². The molecule has 0 aliphatic carbocycles. The Hall–Kier alpha value is -2.57. The highest BCUT2D eigenvalue weighted by atomic mass is 16.5. The maximum absolute atomic E-state index is 13.3. The van der Waals surface area contributed by atoms with Gasteiger partial charge in [-0.2, -0.15) is 0 Å². The van der Waals surface area contributed by atoms with Crippen LogP contribution in [0.3, 0.4) is 0 Å². The predicted molar refractivity (Wildman–Crippen MR) is 114 cm³/mol. The number of hydrogen-bond acceptors (Lipinski definition) is 4. The summed E-state index contributed by atoms with van der Waals surface area (Å²) in [5, 5.41) is 3.05. The Morgan fingerprint density at radius 1 is 1.13 bits per heavy atom. The molecular formula is C23H33N3O4. The van der Waals surface area contributed by atoms with Crippen molar-refractivity contribution in [3.8, 4) is 5.75 Å². The van der Waals surface area contributed by atoms with E-state index < -0.39 is 6.04 Å². The molecule has 2 saturated heterocycles. The summed E-state index contributed by atoms with van der Waals surface area (Å²) in [4.78, 5) is 42.1. The van der Waals surface area contributed by atoms with E-state index in [0.29, 0.717) is 44.0 Å². The second-order valence-corrected chi connectivity index (χ2v) is 8.37. The maximum Gasteiger partial charge on any atom is 0.258 e. The minimum atomic E-state index is -0.452. The van der Waals surface area contributed by atoms with Crippen LogP contribution in [0.4, 0.5) is 0 Å². The molecule has 7 nitrogen and oxygen atoms in total. The molecule has 3 rings (SSSR count). The standard InChI is InChI=1S/C23H33N3O4/c1-4-30-20-12-6-5-10-18(20)22(28)26-14-8-11-19(26)23(29)25-13-7-9-17(15-25)24-21(27)16(2)3/h5-6,10,12,16-17,19H,4,7-9,11,13-15H2,1-3H3,(H,24,27). The van der Waals surface area contributed by atoms with Crippen LogP contribution in [0.2, 0.25) is 0 Å². The lowest BCUT2D eigenvalue weighted by Gasteiger charge is -2.36. The fourth-order valence-corrected chi connectivity index (χ4v) is 4.22. The predicted octanol–water partition coefficient (Wildman–Crippen LogP) is 2.45. The molecule has 0 radical (unpaired) electrons. The zero-order valence-electron chi connectivity index (χ0n) is 18.2. The average molecular weight is 416 g/mol. The molecule has 7 heteroatoms. The van der Waals surface area contributed by atoms with Gasteiger partial charge in [0.2, 0.25) is 11.8 Å². The molecule has 2 heterocycles. The van der Waals surface area contributed by atoms with Gasteiger partial charge in [0.1, 0.15) is 11.8 Å². The highest BCUT2D eigenvalue weighted by Crippen LogP contribution is 2.27. The van der Waals surface area contributed by atoms with E-state index in [-0.39, 0.29) is 29.7 Å². The third-order valence-corrected chi connectivity index (χ3v) is 5.82. The number of rotatable bonds is 6. The van der Waals surface area contributed by atoms with E-state index >= 15 is 0 Å². The van der Waals surface area contributed by atoms with Gasteiger partial charge in [-0.25, -0.2) is 0 Å². The van der Waals surface area contributed by atoms with Crippen molar-refractivity contribution in [1.29, 1.82) is 0 Å². The molecule has 30 heavy (non-hydrogen) atoms. The van der Waals surface area contributed by atoms with Crippen molar-refractivity contribution in [3.05, 3.63) is 29.8 Å². The Bertz CT molecular complexity index is 779. The van der Waals surface area contributed by atoms with Gasteiger partial charge in [-0.3, -0.25) is 14.4 Å². The third kappa shape index (κ3) is 4.94. The molecule has 2 aliphatic heterocycles. The van der Waals surface area contributed by atoms with Crippen molar-refractivity contribution >= 4 is 17.7 Å². The van der Waals surface area contributed by atoms with Crippen LogP contribution >= 0.6 is 0 Å². The van der Waals surface area contributed by atoms with Crippen molar-refractivity contribution in [3.63, 3.8) is 0 Å². The first-order chi connectivity index (χ1) is 14.4. The maximum atomic E-state index is 13.3. The minimum absolute atomic E-state index is 0.0134. The van der Waals surface area contributed by atoms with Crippen LogP contribution in [0.25, 0.3) is 0 Å². The van der Waals surface area contributed by atoms with Gasteiger partial charge >= 0.3 is 0 Å². The first-order valence-corrected chi connectivity index (χ1v) is 11.0. The summed E-state index contributed by atoms with van der Waals surface area (Å²) in [5.41, 5.74) is 0.500. The Labute approximate surface area is 178 Å². The number of nitrogens with one attached hydrogen (secondary N) is 1. The largest absolute Gasteiger partial charge is 0.493 e. The Balaban J connectivity index is 1.70. The smallest absolute Gasteiger partial charge is 0.258 e. The monoisotopic (exact) mass is 415 g/mol. The van der Waals surface area contributed by atoms with E-state index in [1.807, 2.05) is 37.8 Å². The molecule has 1 aromatic rings. The van der Waals surface area contributed by atoms with E-state index in [1.54, 1.807) is 17.0 Å². The number of nitrogens with zero attached hydrogens (tertiary/aromatic N) is 2. The van der Waals surface area contributed by atoms with E-state index in [0.717, 1.165) is 19.3 Å². The van der Waals surface area contributed by atoms with Gasteiger partial charge in [-0.15, -0.1) is 0 Å². The highest BCUT2D eigenvalue weighted by Gasteiger charge is 2.39. The zero-order valence-corrected chi connectivity index (χ0v) is 18.2. The van der Waals surface area contributed by atoms with Crippen LogP contribution in [0.15, 0.2) is 24.3 Å². The van der Waals surface area contributed by atoms with Gasteiger partial charge in [0.25, 0.3) is 5.91 Å². The average Bonchev–Trinajstić information content (AvgIpc) is 3.23. The molecular weight excluding hydrogens is 382 g/mol. The number of hydrogen-bond donors (Lipinski definition) is 1. The number of carbonyl (C=O) groups is 3. The summed E-state index contributed by atoms with van der Waals surface area (Å²) in [7, 11) is 0. The molecule has 2 unspecified atom stereocenters. The normalized spacial score (nSPS) is 21.6. The van der Waals surface area contributed by atoms with Gasteiger partial charge < -0.3 is 19.9 Å². The van der Waals surface area contributed by atoms with Gasteiger partial charge in [0, 0.05) is 31.6 Å². The van der Waals surface area contributed by atoms with Crippen molar-refractivity contribution < 1.29 is 19.1 Å². The fraction of sp³-hybridized carbons (Fsp3) is 0.609. The summed E-state index contributed by atoms with van der Waals surface area (Å²) in [6.07, 6.45) is 3.20. The Morgan fingerprint density at radius 3 is 2.60 bits per heavy atom. The number of amides is 3. The molecule has 3 amide bonds. The summed E-state index contributed by atoms with van der Waals surface area (Å²) < 4.78 is 5.62. The van der Waals surface area contributed by atoms with Crippen molar-refractivity contribution in [2.45, 2.75) is 58.5 Å². The third-order valence-electron chi connectivity index (χ3n) is 5.82. The minimum Gasteiger partial charge on any atom is -0.493 e. The van der Waals surface area contributed by atoms with Gasteiger partial charge in [-0.1, -0.05) is 26.0 Å². The second-order valence-electron chi connectivity index (χ2n) is 8.37. The lowest BCUT2D eigenvalue weighted by atomic mass is 10.0. The van der Waals surface area contributed by atoms with E-state index in [2.05, 4.69) is 5.32 Å². The number of piperidine rings is 1. The number of para-hydroxylation sites is 1. The first kappa shape index (κ1) is 22.1. The van der Waals surface area contributed by atoms with Gasteiger partial charge in [0.15, 0.2) is 0 Å². The van der Waals surface area contributed by atoms with Crippen LogP contribution in [0, 0.1) is 5.92 Å². The van der Waals surface area contributed by atoms with Crippen LogP contribution in [-0.2, 0) is 9.59 Å². The van der Waals surface area contributed by atoms with Crippen LogP contribution in [0.1, 0.15) is 56.8 Å². The Morgan fingerprint density at radius 2 is 1.87 bits per heavy atom. The molecule has 1 aromatic carbocycles. The number of likely N-dealkylation sites (tertiary alicyclic amines) is 2. The zero-order chi connectivity index (χ0) is 21.7. The molecule has 0 spiro atoms. The van der Waals surface area contributed by atoms with Crippen LogP contribution in [0.5, 0.6) is 5.75 Å². The quantitative estimate of drug-likeness (QED) is 0.774. The molecule has 0 aromatic heterocycles. The van der Waals surface area contributed by atoms with Crippen molar-refractivity contribution in [2.24, 2.45) is 5.92 Å². The second kappa shape index (κ2) is 9.96. The molecule has 2 atom stereocenters. The number of carbonyl (C=O) groups excluding carboxylic acids is 3. The summed E-state index contributed by atoms with van der Waals surface area (Å²) in [6.45, 7) is 7.83. The SMILES string of the molecule is CCOc1ccccc1C(=O)N1CCCC1C(=O)N1CCCC(NC(=O)C(C)C)C1. The molecule has 164 valence electrons. The first-order valence-electron chi connectivity index (χ1n) is 11.0.